The number of nitrogens with zero attached hydrogens (tertiary/aromatic N) is 3. The largest absolute Gasteiger partial charge is 0.285 e. The number of thiophene rings is 1. The molecule has 2 heterocycles. The number of nitriles is 1. The van der Waals surface area contributed by atoms with Crippen molar-refractivity contribution in [2.45, 2.75) is 19.9 Å². The SMILES string of the molecule is CCc1cc2c(=O)n(CC#N)cnc2s1. The maximum Gasteiger partial charge on any atom is 0.263 e. The molecule has 15 heavy (non-hydrogen) atoms. The van der Waals surface area contributed by atoms with Gasteiger partial charge < -0.3 is 0 Å². The van der Waals surface area contributed by atoms with Crippen LogP contribution in [-0.4, -0.2) is 9.55 Å². The Morgan fingerprint density at radius 2 is 2.47 bits per heavy atom. The van der Waals surface area contributed by atoms with Gasteiger partial charge in [-0.05, 0) is 12.5 Å². The van der Waals surface area contributed by atoms with Crippen LogP contribution in [0.4, 0.5) is 0 Å². The lowest BCUT2D eigenvalue weighted by molar-refractivity contribution is 0.777. The average molecular weight is 219 g/mol. The lowest BCUT2D eigenvalue weighted by Gasteiger charge is -1.96. The molecule has 2 rings (SSSR count). The molecule has 0 saturated carbocycles. The van der Waals surface area contributed by atoms with Crippen molar-refractivity contribution in [2.24, 2.45) is 0 Å². The van der Waals surface area contributed by atoms with Crippen molar-refractivity contribution < 1.29 is 0 Å². The molecule has 0 atom stereocenters. The molecule has 2 aromatic heterocycles. The number of aromatic nitrogens is 2. The van der Waals surface area contributed by atoms with Crippen LogP contribution in [0.2, 0.25) is 0 Å². The first-order valence-electron chi connectivity index (χ1n) is 4.61. The summed E-state index contributed by atoms with van der Waals surface area (Å²) in [6.07, 6.45) is 2.34. The van der Waals surface area contributed by atoms with Crippen molar-refractivity contribution in [1.82, 2.24) is 9.55 Å². The van der Waals surface area contributed by atoms with E-state index in [4.69, 9.17) is 5.26 Å². The molecule has 0 aromatic carbocycles. The fourth-order valence-electron chi connectivity index (χ4n) is 1.37. The van der Waals surface area contributed by atoms with Crippen molar-refractivity contribution in [3.05, 3.63) is 27.6 Å². The lowest BCUT2D eigenvalue weighted by atomic mass is 10.3. The van der Waals surface area contributed by atoms with Gasteiger partial charge >= 0.3 is 0 Å². The molecular weight excluding hydrogens is 210 g/mol. The third kappa shape index (κ3) is 1.64. The Hall–Kier alpha value is -1.67. The molecule has 0 unspecified atom stereocenters. The van der Waals surface area contributed by atoms with Gasteiger partial charge in [0.15, 0.2) is 0 Å². The second-order valence-electron chi connectivity index (χ2n) is 3.12. The van der Waals surface area contributed by atoms with E-state index in [-0.39, 0.29) is 12.1 Å². The van der Waals surface area contributed by atoms with Crippen LogP contribution in [0, 0.1) is 11.3 Å². The summed E-state index contributed by atoms with van der Waals surface area (Å²) in [6.45, 7) is 2.09. The van der Waals surface area contributed by atoms with E-state index >= 15 is 0 Å². The van der Waals surface area contributed by atoms with Crippen molar-refractivity contribution in [3.63, 3.8) is 0 Å². The molecule has 0 amide bonds. The topological polar surface area (TPSA) is 58.7 Å². The van der Waals surface area contributed by atoms with Crippen LogP contribution in [0.25, 0.3) is 10.2 Å². The molecule has 0 aliphatic carbocycles. The molecule has 76 valence electrons. The molecule has 0 saturated heterocycles. The van der Waals surface area contributed by atoms with Crippen LogP contribution in [0.5, 0.6) is 0 Å². The van der Waals surface area contributed by atoms with Crippen molar-refractivity contribution >= 4 is 21.6 Å². The standard InChI is InChI=1S/C10H9N3OS/c1-2-7-5-8-9(15-7)12-6-13(4-3-11)10(8)14/h5-6H,2,4H2,1H3. The van der Waals surface area contributed by atoms with Crippen molar-refractivity contribution in [2.75, 3.05) is 0 Å². The zero-order valence-corrected chi connectivity index (χ0v) is 9.04. The molecule has 0 bridgehead atoms. The van der Waals surface area contributed by atoms with Gasteiger partial charge in [-0.1, -0.05) is 6.92 Å². The van der Waals surface area contributed by atoms with Gasteiger partial charge in [0.05, 0.1) is 11.5 Å². The highest BCUT2D eigenvalue weighted by molar-refractivity contribution is 7.18. The van der Waals surface area contributed by atoms with E-state index in [0.717, 1.165) is 16.1 Å². The van der Waals surface area contributed by atoms with Crippen LogP contribution in [0.3, 0.4) is 0 Å². The van der Waals surface area contributed by atoms with Gasteiger partial charge in [0.25, 0.3) is 5.56 Å². The second kappa shape index (κ2) is 3.83. The average Bonchev–Trinajstić information content (AvgIpc) is 2.66. The van der Waals surface area contributed by atoms with Gasteiger partial charge in [0, 0.05) is 4.88 Å². The summed E-state index contributed by atoms with van der Waals surface area (Å²) < 4.78 is 1.33. The summed E-state index contributed by atoms with van der Waals surface area (Å²) in [5.41, 5.74) is -0.127. The highest BCUT2D eigenvalue weighted by Gasteiger charge is 2.07. The first-order chi connectivity index (χ1) is 7.26. The van der Waals surface area contributed by atoms with Gasteiger partial charge in [-0.3, -0.25) is 9.36 Å². The second-order valence-corrected chi connectivity index (χ2v) is 4.24. The number of hydrogen-bond donors (Lipinski definition) is 0. The predicted octanol–water partition coefficient (Wildman–Crippen LogP) is 1.54. The molecule has 0 aliphatic heterocycles. The van der Waals surface area contributed by atoms with Crippen LogP contribution < -0.4 is 5.56 Å². The molecule has 0 spiro atoms. The summed E-state index contributed by atoms with van der Waals surface area (Å²) in [5.74, 6) is 0. The van der Waals surface area contributed by atoms with E-state index in [0.29, 0.717) is 5.39 Å². The molecule has 0 N–H and O–H groups in total. The fourth-order valence-corrected chi connectivity index (χ4v) is 2.30. The van der Waals surface area contributed by atoms with Gasteiger partial charge in [0.2, 0.25) is 0 Å². The highest BCUT2D eigenvalue weighted by atomic mass is 32.1. The Morgan fingerprint density at radius 3 is 3.13 bits per heavy atom. The third-order valence-corrected chi connectivity index (χ3v) is 3.35. The maximum absolute atomic E-state index is 11.8. The summed E-state index contributed by atoms with van der Waals surface area (Å²) in [6, 6.07) is 3.80. The fraction of sp³-hybridized carbons (Fsp3) is 0.300. The first-order valence-corrected chi connectivity index (χ1v) is 5.42. The molecule has 0 radical (unpaired) electrons. The number of fused-ring (bicyclic) bond motifs is 1. The summed E-state index contributed by atoms with van der Waals surface area (Å²) in [5, 5.41) is 9.15. The summed E-state index contributed by atoms with van der Waals surface area (Å²) >= 11 is 1.53. The Labute approximate surface area is 90.4 Å². The van der Waals surface area contributed by atoms with E-state index in [1.165, 1.54) is 22.2 Å². The Morgan fingerprint density at radius 1 is 1.67 bits per heavy atom. The Kier molecular flexibility index (Phi) is 2.52. The van der Waals surface area contributed by atoms with E-state index < -0.39 is 0 Å². The first kappa shape index (κ1) is 9.87. The third-order valence-electron chi connectivity index (χ3n) is 2.16. The summed E-state index contributed by atoms with van der Waals surface area (Å²) in [7, 11) is 0. The van der Waals surface area contributed by atoms with Gasteiger partial charge in [-0.15, -0.1) is 11.3 Å². The van der Waals surface area contributed by atoms with Gasteiger partial charge in [0.1, 0.15) is 17.7 Å². The van der Waals surface area contributed by atoms with E-state index in [2.05, 4.69) is 4.98 Å². The highest BCUT2D eigenvalue weighted by Crippen LogP contribution is 2.20. The Balaban J connectivity index is 2.68. The minimum Gasteiger partial charge on any atom is -0.285 e. The monoisotopic (exact) mass is 219 g/mol. The summed E-state index contributed by atoms with van der Waals surface area (Å²) in [4.78, 5) is 17.9. The zero-order valence-electron chi connectivity index (χ0n) is 8.23. The van der Waals surface area contributed by atoms with Crippen molar-refractivity contribution in [1.29, 1.82) is 5.26 Å². The van der Waals surface area contributed by atoms with Gasteiger partial charge in [-0.2, -0.15) is 5.26 Å². The number of hydrogen-bond acceptors (Lipinski definition) is 4. The van der Waals surface area contributed by atoms with Crippen LogP contribution in [0.1, 0.15) is 11.8 Å². The molecule has 0 fully saturated rings. The van der Waals surface area contributed by atoms with E-state index in [1.54, 1.807) is 0 Å². The molecule has 2 aromatic rings. The minimum atomic E-state index is -0.127. The van der Waals surface area contributed by atoms with E-state index in [1.807, 2.05) is 19.1 Å². The lowest BCUT2D eigenvalue weighted by Crippen LogP contribution is -2.19. The zero-order chi connectivity index (χ0) is 10.8. The molecule has 0 aliphatic rings. The van der Waals surface area contributed by atoms with Crippen LogP contribution in [-0.2, 0) is 13.0 Å². The molecule has 4 nitrogen and oxygen atoms in total. The molecule has 5 heteroatoms. The maximum atomic E-state index is 11.8. The predicted molar refractivity (Wildman–Crippen MR) is 58.9 cm³/mol. The quantitative estimate of drug-likeness (QED) is 0.769. The van der Waals surface area contributed by atoms with Gasteiger partial charge in [-0.25, -0.2) is 4.98 Å². The number of rotatable bonds is 2. The van der Waals surface area contributed by atoms with Crippen molar-refractivity contribution in [3.8, 4) is 6.07 Å². The smallest absolute Gasteiger partial charge is 0.263 e. The van der Waals surface area contributed by atoms with E-state index in [9.17, 15) is 4.79 Å². The van der Waals surface area contributed by atoms with Crippen LogP contribution in [0.15, 0.2) is 17.2 Å². The van der Waals surface area contributed by atoms with Crippen LogP contribution >= 0.6 is 11.3 Å². The molecular formula is C10H9N3OS. The number of aryl methyl sites for hydroxylation is 1. The Bertz CT molecular complexity index is 591. The normalized spacial score (nSPS) is 10.4. The minimum absolute atomic E-state index is 0.0546.